The highest BCUT2D eigenvalue weighted by atomic mass is 16.5. The van der Waals surface area contributed by atoms with E-state index in [4.69, 9.17) is 4.74 Å². The van der Waals surface area contributed by atoms with Crippen molar-refractivity contribution < 1.29 is 9.53 Å². The van der Waals surface area contributed by atoms with Crippen LogP contribution in [0.2, 0.25) is 0 Å². The summed E-state index contributed by atoms with van der Waals surface area (Å²) >= 11 is 0. The largest absolute Gasteiger partial charge is 0.375 e. The molecule has 18 heavy (non-hydrogen) atoms. The third-order valence-corrected chi connectivity index (χ3v) is 4.31. The molecule has 4 nitrogen and oxygen atoms in total. The number of carbonyl (C=O) groups is 1. The first-order valence-corrected chi connectivity index (χ1v) is 7.20. The summed E-state index contributed by atoms with van der Waals surface area (Å²) in [6.07, 6.45) is 3.24. The molecule has 0 saturated carbocycles. The summed E-state index contributed by atoms with van der Waals surface area (Å²) in [6.45, 7) is 9.57. The lowest BCUT2D eigenvalue weighted by molar-refractivity contribution is -0.155. The highest BCUT2D eigenvalue weighted by molar-refractivity contribution is 5.83. The summed E-state index contributed by atoms with van der Waals surface area (Å²) in [4.78, 5) is 14.9. The Hall–Kier alpha value is -0.610. The third-order valence-electron chi connectivity index (χ3n) is 4.31. The van der Waals surface area contributed by atoms with Crippen molar-refractivity contribution in [3.63, 3.8) is 0 Å². The molecule has 104 valence electrons. The topological polar surface area (TPSA) is 41.6 Å². The van der Waals surface area contributed by atoms with Crippen LogP contribution in [-0.2, 0) is 9.53 Å². The van der Waals surface area contributed by atoms with Crippen molar-refractivity contribution in [3.8, 4) is 0 Å². The van der Waals surface area contributed by atoms with Crippen molar-refractivity contribution in [1.82, 2.24) is 10.2 Å². The van der Waals surface area contributed by atoms with Crippen LogP contribution >= 0.6 is 0 Å². The van der Waals surface area contributed by atoms with Gasteiger partial charge in [-0.05, 0) is 39.7 Å². The molecule has 2 fully saturated rings. The summed E-state index contributed by atoms with van der Waals surface area (Å²) in [7, 11) is 0. The third kappa shape index (κ3) is 2.69. The first-order chi connectivity index (χ1) is 8.57. The van der Waals surface area contributed by atoms with Gasteiger partial charge in [-0.2, -0.15) is 0 Å². The van der Waals surface area contributed by atoms with Crippen molar-refractivity contribution >= 4 is 5.91 Å². The van der Waals surface area contributed by atoms with Crippen LogP contribution in [0, 0.1) is 5.41 Å². The van der Waals surface area contributed by atoms with Crippen LogP contribution in [0.5, 0.6) is 0 Å². The van der Waals surface area contributed by atoms with E-state index in [9.17, 15) is 4.79 Å². The summed E-state index contributed by atoms with van der Waals surface area (Å²) in [5.41, 5.74) is -0.220. The van der Waals surface area contributed by atoms with Crippen LogP contribution in [0.1, 0.15) is 40.0 Å². The van der Waals surface area contributed by atoms with E-state index in [0.717, 1.165) is 38.9 Å². The SMILES string of the molecule is CCC1COC(C)CN1C(=O)C1(C)CCCNC1. The molecule has 2 rings (SSSR count). The Kier molecular flexibility index (Phi) is 4.28. The fourth-order valence-electron chi connectivity index (χ4n) is 3.02. The van der Waals surface area contributed by atoms with Gasteiger partial charge >= 0.3 is 0 Å². The first-order valence-electron chi connectivity index (χ1n) is 7.20. The predicted molar refractivity (Wildman–Crippen MR) is 71.4 cm³/mol. The number of hydrogen-bond donors (Lipinski definition) is 1. The Morgan fingerprint density at radius 3 is 2.94 bits per heavy atom. The molecule has 0 aromatic carbocycles. The summed E-state index contributed by atoms with van der Waals surface area (Å²) in [6, 6.07) is 0.257. The minimum Gasteiger partial charge on any atom is -0.375 e. The fourth-order valence-corrected chi connectivity index (χ4v) is 3.02. The molecule has 3 unspecified atom stereocenters. The molecule has 0 aliphatic carbocycles. The number of nitrogens with zero attached hydrogens (tertiary/aromatic N) is 1. The highest BCUT2D eigenvalue weighted by Crippen LogP contribution is 2.30. The van der Waals surface area contributed by atoms with E-state index in [1.807, 2.05) is 6.92 Å². The molecule has 2 aliphatic heterocycles. The van der Waals surface area contributed by atoms with E-state index in [-0.39, 0.29) is 17.6 Å². The van der Waals surface area contributed by atoms with Crippen molar-refractivity contribution in [3.05, 3.63) is 0 Å². The summed E-state index contributed by atoms with van der Waals surface area (Å²) in [5, 5.41) is 3.36. The quantitative estimate of drug-likeness (QED) is 0.810. The van der Waals surface area contributed by atoms with Gasteiger partial charge in [-0.15, -0.1) is 0 Å². The fraction of sp³-hybridized carbons (Fsp3) is 0.929. The van der Waals surface area contributed by atoms with Crippen LogP contribution in [0.4, 0.5) is 0 Å². The molecular weight excluding hydrogens is 228 g/mol. The molecule has 4 heteroatoms. The van der Waals surface area contributed by atoms with Crippen LogP contribution in [-0.4, -0.2) is 49.2 Å². The van der Waals surface area contributed by atoms with Gasteiger partial charge < -0.3 is 15.0 Å². The van der Waals surface area contributed by atoms with Gasteiger partial charge in [-0.3, -0.25) is 4.79 Å². The monoisotopic (exact) mass is 254 g/mol. The van der Waals surface area contributed by atoms with Crippen molar-refractivity contribution in [2.24, 2.45) is 5.41 Å². The Morgan fingerprint density at radius 2 is 2.33 bits per heavy atom. The van der Waals surface area contributed by atoms with Gasteiger partial charge in [0.15, 0.2) is 0 Å². The van der Waals surface area contributed by atoms with Crippen molar-refractivity contribution in [1.29, 1.82) is 0 Å². The zero-order valence-corrected chi connectivity index (χ0v) is 11.9. The maximum Gasteiger partial charge on any atom is 0.230 e. The van der Waals surface area contributed by atoms with E-state index < -0.39 is 0 Å². The lowest BCUT2D eigenvalue weighted by Crippen LogP contribution is -2.58. The van der Waals surface area contributed by atoms with Gasteiger partial charge in [0.25, 0.3) is 0 Å². The van der Waals surface area contributed by atoms with E-state index in [0.29, 0.717) is 12.5 Å². The van der Waals surface area contributed by atoms with E-state index in [1.165, 1.54) is 0 Å². The molecule has 2 saturated heterocycles. The van der Waals surface area contributed by atoms with E-state index in [1.54, 1.807) is 0 Å². The Labute approximate surface area is 110 Å². The van der Waals surface area contributed by atoms with Crippen LogP contribution < -0.4 is 5.32 Å². The Balaban J connectivity index is 2.09. The average Bonchev–Trinajstić information content (AvgIpc) is 2.38. The number of hydrogen-bond acceptors (Lipinski definition) is 3. The van der Waals surface area contributed by atoms with Gasteiger partial charge in [0.1, 0.15) is 0 Å². The molecule has 2 heterocycles. The maximum absolute atomic E-state index is 12.8. The smallest absolute Gasteiger partial charge is 0.230 e. The van der Waals surface area contributed by atoms with Gasteiger partial charge in [0, 0.05) is 13.1 Å². The van der Waals surface area contributed by atoms with E-state index in [2.05, 4.69) is 24.1 Å². The second-order valence-corrected chi connectivity index (χ2v) is 6.00. The average molecular weight is 254 g/mol. The molecule has 2 aliphatic rings. The molecule has 0 aromatic heterocycles. The van der Waals surface area contributed by atoms with Gasteiger partial charge in [0.2, 0.25) is 5.91 Å². The molecule has 0 aromatic rings. The zero-order valence-electron chi connectivity index (χ0n) is 11.9. The van der Waals surface area contributed by atoms with Crippen molar-refractivity contribution in [2.45, 2.75) is 52.2 Å². The van der Waals surface area contributed by atoms with E-state index >= 15 is 0 Å². The second-order valence-electron chi connectivity index (χ2n) is 6.00. The summed E-state index contributed by atoms with van der Waals surface area (Å²) < 4.78 is 5.67. The molecule has 1 amide bonds. The van der Waals surface area contributed by atoms with Gasteiger partial charge in [-0.1, -0.05) is 6.92 Å². The lowest BCUT2D eigenvalue weighted by Gasteiger charge is -2.44. The molecule has 1 N–H and O–H groups in total. The Bertz CT molecular complexity index is 300. The second kappa shape index (κ2) is 5.57. The van der Waals surface area contributed by atoms with Crippen LogP contribution in [0.3, 0.4) is 0 Å². The molecule has 0 spiro atoms. The molecule has 0 bridgehead atoms. The minimum absolute atomic E-state index is 0.164. The van der Waals surface area contributed by atoms with Gasteiger partial charge in [0.05, 0.1) is 24.2 Å². The predicted octanol–water partition coefficient (Wildman–Crippen LogP) is 1.40. The number of morpholine rings is 1. The zero-order chi connectivity index (χ0) is 13.2. The summed E-state index contributed by atoms with van der Waals surface area (Å²) in [5.74, 6) is 0.316. The number of carbonyl (C=O) groups excluding carboxylic acids is 1. The number of amides is 1. The maximum atomic E-state index is 12.8. The van der Waals surface area contributed by atoms with Gasteiger partial charge in [-0.25, -0.2) is 0 Å². The first kappa shape index (κ1) is 13.8. The number of nitrogens with one attached hydrogen (secondary N) is 1. The van der Waals surface area contributed by atoms with Crippen LogP contribution in [0.25, 0.3) is 0 Å². The normalized spacial score (nSPS) is 37.6. The number of piperidine rings is 1. The molecule has 3 atom stereocenters. The number of rotatable bonds is 2. The Morgan fingerprint density at radius 1 is 1.56 bits per heavy atom. The van der Waals surface area contributed by atoms with Crippen molar-refractivity contribution in [2.75, 3.05) is 26.2 Å². The van der Waals surface area contributed by atoms with Crippen LogP contribution in [0.15, 0.2) is 0 Å². The minimum atomic E-state index is -0.220. The highest BCUT2D eigenvalue weighted by Gasteiger charge is 2.41. The molecular formula is C14H26N2O2. The standard InChI is InChI=1S/C14H26N2O2/c1-4-12-9-18-11(2)8-16(12)13(17)14(3)6-5-7-15-10-14/h11-12,15H,4-10H2,1-3H3. The lowest BCUT2D eigenvalue weighted by atomic mass is 9.80. The molecule has 0 radical (unpaired) electrons. The number of ether oxygens (including phenoxy) is 1.